The van der Waals surface area contributed by atoms with Crippen molar-refractivity contribution in [2.24, 2.45) is 0 Å². The van der Waals surface area contributed by atoms with Gasteiger partial charge in [-0.15, -0.1) is 0 Å². The average molecular weight is 527 g/mol. The molecule has 1 aliphatic rings. The number of nitrogens with one attached hydrogen (secondary N) is 1. The molecule has 3 aromatic heterocycles. The Bertz CT molecular complexity index is 1480. The second-order valence-corrected chi connectivity index (χ2v) is 8.69. The van der Waals surface area contributed by atoms with Gasteiger partial charge in [0.25, 0.3) is 0 Å². The molecule has 2 N–H and O–H groups in total. The zero-order valence-corrected chi connectivity index (χ0v) is 20.7. The number of aromatic nitrogens is 5. The van der Waals surface area contributed by atoms with E-state index in [-0.39, 0.29) is 35.2 Å². The van der Waals surface area contributed by atoms with Gasteiger partial charge in [-0.25, -0.2) is 14.4 Å². The van der Waals surface area contributed by atoms with Crippen molar-refractivity contribution in [2.45, 2.75) is 6.92 Å². The number of halogens is 2. The fourth-order valence-corrected chi connectivity index (χ4v) is 4.43. The number of hydrogen-bond donors (Lipinski definition) is 2. The van der Waals surface area contributed by atoms with E-state index >= 15 is 0 Å². The molecule has 11 nitrogen and oxygen atoms in total. The number of H-pyrrole nitrogens is 1. The highest BCUT2D eigenvalue weighted by Crippen LogP contribution is 2.40. The first-order valence-electron chi connectivity index (χ1n) is 11.6. The van der Waals surface area contributed by atoms with Crippen LogP contribution in [0.1, 0.15) is 6.92 Å². The van der Waals surface area contributed by atoms with Crippen LogP contribution in [-0.2, 0) is 4.79 Å². The number of rotatable bonds is 7. The first-order valence-corrected chi connectivity index (χ1v) is 12.0. The lowest BCUT2D eigenvalue weighted by atomic mass is 10.2. The molecule has 1 amide bonds. The lowest BCUT2D eigenvalue weighted by molar-refractivity contribution is -0.126. The smallest absolute Gasteiger partial charge is 0.246 e. The topological polar surface area (TPSA) is 124 Å². The third-order valence-electron chi connectivity index (χ3n) is 6.24. The number of fused-ring (bicyclic) bond motifs is 2. The molecule has 37 heavy (non-hydrogen) atoms. The summed E-state index contributed by atoms with van der Waals surface area (Å²) in [6.07, 6.45) is 4.34. The number of carbonyl (C=O) groups is 1. The predicted octanol–water partition coefficient (Wildman–Crippen LogP) is 3.10. The zero-order chi connectivity index (χ0) is 26.1. The van der Waals surface area contributed by atoms with E-state index in [0.717, 1.165) is 0 Å². The van der Waals surface area contributed by atoms with Crippen LogP contribution < -0.4 is 14.5 Å². The Labute approximate surface area is 216 Å². The fourth-order valence-electron chi connectivity index (χ4n) is 4.23. The molecule has 1 aliphatic heterocycles. The van der Waals surface area contributed by atoms with E-state index in [9.17, 15) is 14.3 Å². The number of aliphatic hydroxyl groups is 1. The normalized spacial score (nSPS) is 13.8. The summed E-state index contributed by atoms with van der Waals surface area (Å²) >= 11 is 6.27. The van der Waals surface area contributed by atoms with Gasteiger partial charge in [-0.2, -0.15) is 10.1 Å². The van der Waals surface area contributed by atoms with Crippen molar-refractivity contribution in [3.8, 4) is 11.6 Å². The molecular formula is C24H24ClFN8O3. The van der Waals surface area contributed by atoms with Crippen molar-refractivity contribution in [3.63, 3.8) is 0 Å². The number of anilines is 2. The van der Waals surface area contributed by atoms with E-state index in [1.165, 1.54) is 18.3 Å². The van der Waals surface area contributed by atoms with Crippen LogP contribution in [0.3, 0.4) is 0 Å². The van der Waals surface area contributed by atoms with Crippen LogP contribution in [0.25, 0.3) is 21.8 Å². The highest BCUT2D eigenvalue weighted by Gasteiger charge is 2.25. The zero-order valence-electron chi connectivity index (χ0n) is 20.0. The van der Waals surface area contributed by atoms with Gasteiger partial charge in [0.05, 0.1) is 22.5 Å². The van der Waals surface area contributed by atoms with Crippen LogP contribution in [0.4, 0.5) is 16.2 Å². The van der Waals surface area contributed by atoms with Crippen molar-refractivity contribution in [1.29, 1.82) is 0 Å². The maximum Gasteiger partial charge on any atom is 0.246 e. The van der Waals surface area contributed by atoms with Crippen LogP contribution in [0.5, 0.6) is 11.6 Å². The third-order valence-corrected chi connectivity index (χ3v) is 6.59. The summed E-state index contributed by atoms with van der Waals surface area (Å²) in [6.45, 7) is 7.62. The monoisotopic (exact) mass is 526 g/mol. The minimum Gasteiger partial charge on any atom is -0.434 e. The lowest BCUT2D eigenvalue weighted by Crippen LogP contribution is -2.48. The van der Waals surface area contributed by atoms with Gasteiger partial charge in [-0.05, 0) is 19.1 Å². The molecule has 0 bridgehead atoms. The van der Waals surface area contributed by atoms with Crippen molar-refractivity contribution in [3.05, 3.63) is 48.0 Å². The second-order valence-electron chi connectivity index (χ2n) is 8.31. The van der Waals surface area contributed by atoms with Gasteiger partial charge in [-0.1, -0.05) is 18.2 Å². The van der Waals surface area contributed by atoms with E-state index in [0.29, 0.717) is 60.3 Å². The first-order chi connectivity index (χ1) is 17.9. The molecule has 4 heterocycles. The predicted molar refractivity (Wildman–Crippen MR) is 138 cm³/mol. The van der Waals surface area contributed by atoms with E-state index < -0.39 is 5.82 Å². The summed E-state index contributed by atoms with van der Waals surface area (Å²) in [5, 5.41) is 17.5. The molecule has 0 radical (unpaired) electrons. The molecule has 192 valence electrons. The van der Waals surface area contributed by atoms with Crippen LogP contribution in [-0.4, -0.2) is 80.5 Å². The minimum absolute atomic E-state index is 0.0539. The molecule has 0 spiro atoms. The van der Waals surface area contributed by atoms with Crippen molar-refractivity contribution in [1.82, 2.24) is 30.0 Å². The number of piperazine rings is 1. The molecular weight excluding hydrogens is 503 g/mol. The molecule has 13 heteroatoms. The Hall–Kier alpha value is -4.03. The summed E-state index contributed by atoms with van der Waals surface area (Å²) in [4.78, 5) is 31.2. The Morgan fingerprint density at radius 1 is 1.32 bits per heavy atom. The average Bonchev–Trinajstić information content (AvgIpc) is 3.39. The minimum atomic E-state index is -0.672. The number of nitrogens with zero attached hydrogens (tertiary/aromatic N) is 7. The summed E-state index contributed by atoms with van der Waals surface area (Å²) < 4.78 is 20.6. The van der Waals surface area contributed by atoms with Crippen LogP contribution in [0.2, 0.25) is 5.02 Å². The molecule has 0 aliphatic carbocycles. The highest BCUT2D eigenvalue weighted by atomic mass is 35.5. The quantitative estimate of drug-likeness (QED) is 0.276. The summed E-state index contributed by atoms with van der Waals surface area (Å²) in [6, 6.07) is 3.00. The summed E-state index contributed by atoms with van der Waals surface area (Å²) in [7, 11) is 0. The van der Waals surface area contributed by atoms with Gasteiger partial charge in [0.1, 0.15) is 28.9 Å². The Morgan fingerprint density at radius 2 is 2.11 bits per heavy atom. The van der Waals surface area contributed by atoms with Crippen molar-refractivity contribution in [2.75, 3.05) is 49.3 Å². The standard InChI is InChI=1S/C24H24ClFN8O3/c1-3-18(36)33-7-9-34(10-8-33)22-14-5-6-27-23(20(14)29-24(30-22)32(4-2)13-35)37-21-15-12-28-31-17(15)11-16(26)19(21)25/h3,5-6,11-12,35H,1,4,7-10,13H2,2H3,(H,28,31). The van der Waals surface area contributed by atoms with E-state index in [2.05, 4.69) is 26.7 Å². The SMILES string of the molecule is C=CC(=O)N1CCN(c2nc(N(CC)CO)nc3c(Oc4c(Cl)c(F)cc5[nH]ncc45)nccc23)CC1. The molecule has 1 fully saturated rings. The molecule has 0 unspecified atom stereocenters. The van der Waals surface area contributed by atoms with E-state index in [4.69, 9.17) is 21.3 Å². The molecule has 1 aromatic carbocycles. The number of hydrogen-bond acceptors (Lipinski definition) is 9. The van der Waals surface area contributed by atoms with Crippen molar-refractivity contribution < 1.29 is 19.0 Å². The van der Waals surface area contributed by atoms with E-state index in [1.54, 1.807) is 22.1 Å². The Balaban J connectivity index is 1.62. The number of amides is 1. The molecule has 0 saturated carbocycles. The Morgan fingerprint density at radius 3 is 2.81 bits per heavy atom. The number of ether oxygens (including phenoxy) is 1. The molecule has 0 atom stereocenters. The van der Waals surface area contributed by atoms with Crippen LogP contribution in [0, 0.1) is 5.82 Å². The largest absolute Gasteiger partial charge is 0.434 e. The first kappa shape index (κ1) is 24.7. The number of carbonyl (C=O) groups excluding carboxylic acids is 1. The number of aliphatic hydroxyl groups excluding tert-OH is 1. The van der Waals surface area contributed by atoms with Crippen molar-refractivity contribution >= 4 is 51.1 Å². The van der Waals surface area contributed by atoms with Gasteiger partial charge in [-0.3, -0.25) is 9.89 Å². The van der Waals surface area contributed by atoms with Crippen LogP contribution in [0.15, 0.2) is 37.2 Å². The lowest BCUT2D eigenvalue weighted by Gasteiger charge is -2.35. The highest BCUT2D eigenvalue weighted by molar-refractivity contribution is 6.33. The van der Waals surface area contributed by atoms with Gasteiger partial charge >= 0.3 is 0 Å². The van der Waals surface area contributed by atoms with Gasteiger partial charge in [0, 0.05) is 45.0 Å². The third kappa shape index (κ3) is 4.49. The summed E-state index contributed by atoms with van der Waals surface area (Å²) in [5.41, 5.74) is 0.772. The summed E-state index contributed by atoms with van der Waals surface area (Å²) in [5.74, 6) is 0.222. The molecule has 4 aromatic rings. The van der Waals surface area contributed by atoms with E-state index in [1.807, 2.05) is 11.8 Å². The van der Waals surface area contributed by atoms with Gasteiger partial charge in [0.2, 0.25) is 17.7 Å². The second kappa shape index (κ2) is 10.1. The Kier molecular flexibility index (Phi) is 6.76. The fraction of sp³-hybridized carbons (Fsp3) is 0.292. The molecule has 1 saturated heterocycles. The maximum absolute atomic E-state index is 14.5. The number of pyridine rings is 1. The van der Waals surface area contributed by atoms with Gasteiger partial charge < -0.3 is 24.5 Å². The molecule has 5 rings (SSSR count). The van der Waals surface area contributed by atoms with Crippen LogP contribution >= 0.6 is 11.6 Å². The number of benzene rings is 1. The number of aromatic amines is 1. The maximum atomic E-state index is 14.5. The van der Waals surface area contributed by atoms with Gasteiger partial charge in [0.15, 0.2) is 5.75 Å².